The fraction of sp³-hybridized carbons (Fsp3) is 0.462. The molecule has 0 saturated heterocycles. The topological polar surface area (TPSA) is 37.3 Å². The normalized spacial score (nSPS) is 12.8. The summed E-state index contributed by atoms with van der Waals surface area (Å²) in [6, 6.07) is 4.34. The maximum absolute atomic E-state index is 13.5. The van der Waals surface area contributed by atoms with Gasteiger partial charge in [-0.05, 0) is 36.5 Å². The van der Waals surface area contributed by atoms with Gasteiger partial charge in [-0.15, -0.1) is 0 Å². The highest BCUT2D eigenvalue weighted by Crippen LogP contribution is 2.21. The Bertz CT molecular complexity index is 404. The molecule has 4 heteroatoms. The Morgan fingerprint density at radius 3 is 2.59 bits per heavy atom. The number of carboxylic acid groups (broad SMARTS) is 1. The van der Waals surface area contributed by atoms with E-state index in [2.05, 4.69) is 0 Å². The first-order valence-corrected chi connectivity index (χ1v) is 5.94. The smallest absolute Gasteiger partial charge is 0.306 e. The molecule has 0 aromatic heterocycles. The highest BCUT2D eigenvalue weighted by atomic mass is 35.5. The third-order valence-corrected chi connectivity index (χ3v) is 2.82. The molecule has 0 aliphatic rings. The lowest BCUT2D eigenvalue weighted by molar-refractivity contribution is -0.142. The van der Waals surface area contributed by atoms with Crippen molar-refractivity contribution in [2.45, 2.75) is 26.7 Å². The van der Waals surface area contributed by atoms with Gasteiger partial charge in [0.05, 0.1) is 5.92 Å². The standard InChI is InChI=1S/C13H16ClFO2/c1-8(2)5-10(13(16)17)6-9-3-4-11(14)7-12(9)15/h3-4,7-8,10H,5-6H2,1-2H3,(H,16,17). The molecule has 0 spiro atoms. The van der Waals surface area contributed by atoms with Crippen LogP contribution in [0.4, 0.5) is 4.39 Å². The van der Waals surface area contributed by atoms with E-state index >= 15 is 0 Å². The summed E-state index contributed by atoms with van der Waals surface area (Å²) >= 11 is 5.64. The maximum atomic E-state index is 13.5. The van der Waals surface area contributed by atoms with Gasteiger partial charge in [0.15, 0.2) is 0 Å². The molecule has 0 amide bonds. The van der Waals surface area contributed by atoms with E-state index in [4.69, 9.17) is 16.7 Å². The molecule has 2 nitrogen and oxygen atoms in total. The molecule has 1 rings (SSSR count). The maximum Gasteiger partial charge on any atom is 0.306 e. The number of benzene rings is 1. The minimum Gasteiger partial charge on any atom is -0.481 e. The van der Waals surface area contributed by atoms with Gasteiger partial charge in [-0.3, -0.25) is 4.79 Å². The molecule has 0 heterocycles. The molecule has 0 aliphatic carbocycles. The number of carbonyl (C=O) groups is 1. The van der Waals surface area contributed by atoms with Crippen molar-refractivity contribution in [3.8, 4) is 0 Å². The zero-order chi connectivity index (χ0) is 13.0. The van der Waals surface area contributed by atoms with Crippen molar-refractivity contribution in [3.05, 3.63) is 34.6 Å². The van der Waals surface area contributed by atoms with Crippen LogP contribution in [0, 0.1) is 17.7 Å². The zero-order valence-corrected chi connectivity index (χ0v) is 10.7. The SMILES string of the molecule is CC(C)CC(Cc1ccc(Cl)cc1F)C(=O)O. The monoisotopic (exact) mass is 258 g/mol. The van der Waals surface area contributed by atoms with Crippen LogP contribution in [0.25, 0.3) is 0 Å². The fourth-order valence-corrected chi connectivity index (χ4v) is 1.95. The molecule has 1 aromatic rings. The second-order valence-electron chi connectivity index (χ2n) is 4.60. The first-order chi connectivity index (χ1) is 7.90. The van der Waals surface area contributed by atoms with E-state index in [-0.39, 0.29) is 12.3 Å². The van der Waals surface area contributed by atoms with Gasteiger partial charge in [0.2, 0.25) is 0 Å². The second-order valence-corrected chi connectivity index (χ2v) is 5.04. The van der Waals surface area contributed by atoms with Crippen molar-refractivity contribution in [1.29, 1.82) is 0 Å². The molecule has 17 heavy (non-hydrogen) atoms. The van der Waals surface area contributed by atoms with Crippen molar-refractivity contribution in [2.75, 3.05) is 0 Å². The van der Waals surface area contributed by atoms with Crippen molar-refractivity contribution in [3.63, 3.8) is 0 Å². The second kappa shape index (κ2) is 6.01. The van der Waals surface area contributed by atoms with Gasteiger partial charge in [-0.1, -0.05) is 31.5 Å². The molecule has 0 saturated carbocycles. The average molecular weight is 259 g/mol. The van der Waals surface area contributed by atoms with Gasteiger partial charge in [0.25, 0.3) is 0 Å². The van der Waals surface area contributed by atoms with Crippen molar-refractivity contribution < 1.29 is 14.3 Å². The van der Waals surface area contributed by atoms with Crippen LogP contribution in [0.2, 0.25) is 5.02 Å². The first kappa shape index (κ1) is 14.0. The summed E-state index contributed by atoms with van der Waals surface area (Å²) in [6.45, 7) is 3.91. The van der Waals surface area contributed by atoms with Crippen LogP contribution in [0.15, 0.2) is 18.2 Å². The molecule has 1 unspecified atom stereocenters. The lowest BCUT2D eigenvalue weighted by Gasteiger charge is -2.15. The van der Waals surface area contributed by atoms with E-state index in [0.717, 1.165) is 0 Å². The fourth-order valence-electron chi connectivity index (χ4n) is 1.79. The first-order valence-electron chi connectivity index (χ1n) is 5.57. The Kier molecular flexibility index (Phi) is 4.94. The highest BCUT2D eigenvalue weighted by Gasteiger charge is 2.20. The number of halogens is 2. The van der Waals surface area contributed by atoms with Crippen LogP contribution in [-0.2, 0) is 11.2 Å². The summed E-state index contributed by atoms with van der Waals surface area (Å²) < 4.78 is 13.5. The summed E-state index contributed by atoms with van der Waals surface area (Å²) in [4.78, 5) is 11.1. The van der Waals surface area contributed by atoms with Gasteiger partial charge >= 0.3 is 5.97 Å². The Labute approximate surface area is 105 Å². The molecule has 1 N–H and O–H groups in total. The summed E-state index contributed by atoms with van der Waals surface area (Å²) in [5, 5.41) is 9.40. The van der Waals surface area contributed by atoms with E-state index in [1.54, 1.807) is 12.1 Å². The largest absolute Gasteiger partial charge is 0.481 e. The minimum atomic E-state index is -0.881. The molecule has 1 atom stereocenters. The van der Waals surface area contributed by atoms with E-state index in [1.165, 1.54) is 6.07 Å². The van der Waals surface area contributed by atoms with Crippen LogP contribution in [0.3, 0.4) is 0 Å². The number of hydrogen-bond acceptors (Lipinski definition) is 1. The van der Waals surface area contributed by atoms with E-state index in [9.17, 15) is 9.18 Å². The van der Waals surface area contributed by atoms with Gasteiger partial charge < -0.3 is 5.11 Å². The van der Waals surface area contributed by atoms with Gasteiger partial charge in [0.1, 0.15) is 5.82 Å². The molecule has 0 bridgehead atoms. The van der Waals surface area contributed by atoms with Crippen LogP contribution < -0.4 is 0 Å². The zero-order valence-electron chi connectivity index (χ0n) is 9.91. The van der Waals surface area contributed by atoms with Gasteiger partial charge in [0, 0.05) is 5.02 Å². The third kappa shape index (κ3) is 4.35. The quantitative estimate of drug-likeness (QED) is 0.873. The molecular weight excluding hydrogens is 243 g/mol. The highest BCUT2D eigenvalue weighted by molar-refractivity contribution is 6.30. The summed E-state index contributed by atoms with van der Waals surface area (Å²) in [5.74, 6) is -1.60. The molecule has 0 fully saturated rings. The molecular formula is C13H16ClFO2. The van der Waals surface area contributed by atoms with E-state index in [1.807, 2.05) is 13.8 Å². The minimum absolute atomic E-state index is 0.205. The number of aliphatic carboxylic acids is 1. The summed E-state index contributed by atoms with van der Waals surface area (Å²) in [7, 11) is 0. The lowest BCUT2D eigenvalue weighted by atomic mass is 9.91. The lowest BCUT2D eigenvalue weighted by Crippen LogP contribution is -2.19. The van der Waals surface area contributed by atoms with Crippen LogP contribution in [-0.4, -0.2) is 11.1 Å². The third-order valence-electron chi connectivity index (χ3n) is 2.59. The van der Waals surface area contributed by atoms with E-state index in [0.29, 0.717) is 17.0 Å². The van der Waals surface area contributed by atoms with E-state index < -0.39 is 17.7 Å². The Balaban J connectivity index is 2.82. The predicted molar refractivity (Wildman–Crippen MR) is 65.7 cm³/mol. The van der Waals surface area contributed by atoms with Crippen molar-refractivity contribution in [2.24, 2.45) is 11.8 Å². The molecule has 0 aliphatic heterocycles. The molecule has 1 aromatic carbocycles. The number of rotatable bonds is 5. The van der Waals surface area contributed by atoms with Crippen LogP contribution in [0.1, 0.15) is 25.8 Å². The average Bonchev–Trinajstić information content (AvgIpc) is 2.19. The predicted octanol–water partition coefficient (Wildman–Crippen LogP) is 3.77. The van der Waals surface area contributed by atoms with Gasteiger partial charge in [-0.25, -0.2) is 4.39 Å². The number of hydrogen-bond donors (Lipinski definition) is 1. The summed E-state index contributed by atoms with van der Waals surface area (Å²) in [6.07, 6.45) is 0.744. The van der Waals surface area contributed by atoms with Crippen LogP contribution >= 0.6 is 11.6 Å². The van der Waals surface area contributed by atoms with Crippen molar-refractivity contribution in [1.82, 2.24) is 0 Å². The van der Waals surface area contributed by atoms with Gasteiger partial charge in [-0.2, -0.15) is 0 Å². The number of carboxylic acids is 1. The Morgan fingerprint density at radius 2 is 2.12 bits per heavy atom. The molecule has 0 radical (unpaired) electrons. The Morgan fingerprint density at radius 1 is 1.47 bits per heavy atom. The molecule has 94 valence electrons. The Hall–Kier alpha value is -1.09. The summed E-state index contributed by atoms with van der Waals surface area (Å²) in [5.41, 5.74) is 0.405. The van der Waals surface area contributed by atoms with Crippen molar-refractivity contribution >= 4 is 17.6 Å². The van der Waals surface area contributed by atoms with Crippen LogP contribution in [0.5, 0.6) is 0 Å².